The number of rotatable bonds is 9. The number of hydrogen-bond acceptors (Lipinski definition) is 9. The molecule has 0 spiro atoms. The van der Waals surface area contributed by atoms with E-state index >= 15 is 0 Å². The van der Waals surface area contributed by atoms with Gasteiger partial charge >= 0.3 is 0 Å². The van der Waals surface area contributed by atoms with Crippen molar-refractivity contribution < 1.29 is 0 Å². The molecule has 0 atom stereocenters. The Bertz CT molecular complexity index is 8010. The molecule has 0 aliphatic rings. The highest BCUT2D eigenvalue weighted by molar-refractivity contribution is 7.27. The zero-order valence-corrected chi connectivity index (χ0v) is 62.9. The van der Waals surface area contributed by atoms with Crippen LogP contribution in [0.3, 0.4) is 0 Å². The summed E-state index contributed by atoms with van der Waals surface area (Å²) in [6.07, 6.45) is 0. The lowest BCUT2D eigenvalue weighted by Crippen LogP contribution is -2.00. The number of fused-ring (bicyclic) bond motifs is 24. The molecule has 0 amide bonds. The molecular formula is C102H60N8S3. The maximum atomic E-state index is 5.14. The van der Waals surface area contributed by atoms with Crippen molar-refractivity contribution in [2.24, 2.45) is 0 Å². The molecule has 24 rings (SSSR count). The highest BCUT2D eigenvalue weighted by Crippen LogP contribution is 2.51. The third kappa shape index (κ3) is 10.7. The van der Waals surface area contributed by atoms with E-state index in [1.54, 1.807) is 0 Å². The lowest BCUT2D eigenvalue weighted by atomic mass is 9.99. The van der Waals surface area contributed by atoms with Crippen LogP contribution in [0.4, 0.5) is 0 Å². The SMILES string of the molecule is c1ccc(-c2nc(-c3ccc(-n4c5ccccc5c5c6ccccc6c6c7ccccc7sc6c54)cc3)nc(-c3ccc4sc5ccccc5c4c3)n2)cc1.c1ccc(-c2nc(-c3cccc(-c4cccc(-n5c6ccccc6c6c7ccccc7c7c8ccccc8sc7c65)c4)c3)nc(-c3ccc4ccccc4c3)n2)cc1. The topological polar surface area (TPSA) is 87.2 Å². The Labute approximate surface area is 659 Å². The van der Waals surface area contributed by atoms with Crippen LogP contribution >= 0.6 is 34.0 Å². The largest absolute Gasteiger partial charge is 0.308 e. The van der Waals surface area contributed by atoms with Gasteiger partial charge in [0.15, 0.2) is 34.9 Å². The van der Waals surface area contributed by atoms with E-state index in [1.165, 1.54) is 131 Å². The van der Waals surface area contributed by atoms with Crippen LogP contribution in [0, 0.1) is 0 Å². The van der Waals surface area contributed by atoms with E-state index in [1.807, 2.05) is 70.4 Å². The van der Waals surface area contributed by atoms with Gasteiger partial charge in [-0.1, -0.05) is 267 Å². The first-order valence-electron chi connectivity index (χ1n) is 37.9. The summed E-state index contributed by atoms with van der Waals surface area (Å²) in [5, 5.41) is 20.3. The molecule has 24 aromatic rings. The highest BCUT2D eigenvalue weighted by atomic mass is 32.1. The second-order valence-electron chi connectivity index (χ2n) is 28.7. The molecule has 7 aromatic heterocycles. The number of aromatic nitrogens is 8. The average Bonchev–Trinajstić information content (AvgIpc) is 1.54. The molecule has 0 aliphatic carbocycles. The lowest BCUT2D eigenvalue weighted by Gasteiger charge is -2.13. The number of benzene rings is 17. The van der Waals surface area contributed by atoms with E-state index < -0.39 is 0 Å². The van der Waals surface area contributed by atoms with E-state index in [9.17, 15) is 0 Å². The van der Waals surface area contributed by atoms with Gasteiger partial charge in [0.1, 0.15) is 0 Å². The Morgan fingerprint density at radius 3 is 1.09 bits per heavy atom. The predicted octanol–water partition coefficient (Wildman–Crippen LogP) is 28.2. The van der Waals surface area contributed by atoms with E-state index in [-0.39, 0.29) is 0 Å². The van der Waals surface area contributed by atoms with Gasteiger partial charge in [0.2, 0.25) is 0 Å². The van der Waals surface area contributed by atoms with Gasteiger partial charge in [0.25, 0.3) is 0 Å². The summed E-state index contributed by atoms with van der Waals surface area (Å²) in [5.74, 6) is 3.89. The van der Waals surface area contributed by atoms with Crippen LogP contribution in [0.5, 0.6) is 0 Å². The number of para-hydroxylation sites is 2. The van der Waals surface area contributed by atoms with Gasteiger partial charge in [-0.3, -0.25) is 0 Å². The zero-order chi connectivity index (χ0) is 74.2. The molecule has 0 aliphatic heterocycles. The van der Waals surface area contributed by atoms with Crippen molar-refractivity contribution in [1.29, 1.82) is 0 Å². The number of hydrogen-bond donors (Lipinski definition) is 0. The lowest BCUT2D eigenvalue weighted by molar-refractivity contribution is 1.07. The van der Waals surface area contributed by atoms with E-state index in [0.717, 1.165) is 61.3 Å². The molecule has 0 fully saturated rings. The molecule has 0 bridgehead atoms. The minimum Gasteiger partial charge on any atom is -0.308 e. The van der Waals surface area contributed by atoms with Gasteiger partial charge in [0.05, 0.1) is 31.5 Å². The van der Waals surface area contributed by atoms with Crippen molar-refractivity contribution in [2.75, 3.05) is 0 Å². The fourth-order valence-electron chi connectivity index (χ4n) is 17.1. The Kier molecular flexibility index (Phi) is 15.1. The maximum absolute atomic E-state index is 5.14. The van der Waals surface area contributed by atoms with Crippen molar-refractivity contribution >= 4 is 170 Å². The summed E-state index contributed by atoms with van der Waals surface area (Å²) in [5.41, 5.74) is 15.0. The van der Waals surface area contributed by atoms with E-state index in [2.05, 4.69) is 337 Å². The van der Waals surface area contributed by atoms with Gasteiger partial charge < -0.3 is 9.13 Å². The van der Waals surface area contributed by atoms with Crippen LogP contribution in [0.1, 0.15) is 0 Å². The molecule has 8 nitrogen and oxygen atoms in total. The molecule has 0 saturated heterocycles. The second kappa shape index (κ2) is 26.3. The second-order valence-corrected chi connectivity index (χ2v) is 31.9. The van der Waals surface area contributed by atoms with E-state index in [4.69, 9.17) is 29.9 Å². The van der Waals surface area contributed by atoms with Crippen molar-refractivity contribution in [1.82, 2.24) is 39.0 Å². The van der Waals surface area contributed by atoms with Crippen LogP contribution in [0.2, 0.25) is 0 Å². The van der Waals surface area contributed by atoms with Gasteiger partial charge in [-0.05, 0) is 141 Å². The molecule has 526 valence electrons. The van der Waals surface area contributed by atoms with Crippen molar-refractivity contribution in [3.63, 3.8) is 0 Å². The molecule has 17 aromatic carbocycles. The summed E-state index contributed by atoms with van der Waals surface area (Å²) >= 11 is 5.59. The summed E-state index contributed by atoms with van der Waals surface area (Å²) < 4.78 is 12.7. The Morgan fingerprint density at radius 2 is 0.540 bits per heavy atom. The van der Waals surface area contributed by atoms with Gasteiger partial charge in [-0.2, -0.15) is 0 Å². The minimum atomic E-state index is 0.636. The fraction of sp³-hybridized carbons (Fsp3) is 0. The number of thiophene rings is 3. The monoisotopic (exact) mass is 1490 g/mol. The first-order chi connectivity index (χ1) is 56.0. The molecule has 0 saturated carbocycles. The fourth-order valence-corrected chi connectivity index (χ4v) is 20.7. The third-order valence-electron chi connectivity index (χ3n) is 22.2. The summed E-state index contributed by atoms with van der Waals surface area (Å²) in [6.45, 7) is 0. The summed E-state index contributed by atoms with van der Waals surface area (Å²) in [6, 6.07) is 130. The zero-order valence-electron chi connectivity index (χ0n) is 60.4. The Balaban J connectivity index is 0.000000135. The van der Waals surface area contributed by atoms with Crippen LogP contribution < -0.4 is 0 Å². The van der Waals surface area contributed by atoms with Crippen LogP contribution in [0.25, 0.3) is 227 Å². The Hall–Kier alpha value is -14.2. The Morgan fingerprint density at radius 1 is 0.186 bits per heavy atom. The van der Waals surface area contributed by atoms with Crippen LogP contribution in [-0.4, -0.2) is 39.0 Å². The van der Waals surface area contributed by atoms with Crippen molar-refractivity contribution in [3.05, 3.63) is 364 Å². The van der Waals surface area contributed by atoms with E-state index in [0.29, 0.717) is 34.9 Å². The van der Waals surface area contributed by atoms with Crippen molar-refractivity contribution in [3.8, 4) is 90.8 Å². The smallest absolute Gasteiger partial charge is 0.164 e. The van der Waals surface area contributed by atoms with Gasteiger partial charge in [-0.15, -0.1) is 34.0 Å². The minimum absolute atomic E-state index is 0.636. The molecule has 0 unspecified atom stereocenters. The average molecular weight is 1490 g/mol. The molecule has 0 radical (unpaired) electrons. The van der Waals surface area contributed by atoms with Crippen LogP contribution in [-0.2, 0) is 0 Å². The molecular weight excluding hydrogens is 1430 g/mol. The maximum Gasteiger partial charge on any atom is 0.164 e. The van der Waals surface area contributed by atoms with Gasteiger partial charge in [0, 0.05) is 117 Å². The first kappa shape index (κ1) is 64.8. The predicted molar refractivity (Wildman–Crippen MR) is 478 cm³/mol. The molecule has 0 N–H and O–H groups in total. The standard InChI is InChI=1S/C53H32N4S.C49H28N4S2/c1-2-15-34(16-3-1)51-54-52(56-53(55-51)39-29-28-33-14-4-5-17-35(33)30-39)38-20-12-18-36(31-38)37-19-13-21-40(32-37)57-45-26-10-8-24-43(45)47-41-22-6-7-23-42(41)48-44-25-9-11-27-46(44)58-50(48)49(47)57;1-2-12-29(13-3-1)47-50-48(52-49(51-47)31-24-27-42-38(28-31)33-14-7-10-20-40(33)54-42)30-22-25-32(26-23-30)53-39-19-9-6-17-36(39)43-34-15-4-5-16-35(34)44-37-18-8-11-21-41(37)55-46(44)45(43)53/h1-32H;1-28H. The first-order valence-corrected chi connectivity index (χ1v) is 40.3. The van der Waals surface area contributed by atoms with Crippen molar-refractivity contribution in [2.45, 2.75) is 0 Å². The van der Waals surface area contributed by atoms with Crippen LogP contribution in [0.15, 0.2) is 364 Å². The third-order valence-corrected chi connectivity index (χ3v) is 25.7. The summed E-state index contributed by atoms with van der Waals surface area (Å²) in [4.78, 5) is 30.4. The van der Waals surface area contributed by atoms with Gasteiger partial charge in [-0.25, -0.2) is 29.9 Å². The normalized spacial score (nSPS) is 11.9. The molecule has 11 heteroatoms. The molecule has 113 heavy (non-hydrogen) atoms. The highest BCUT2D eigenvalue weighted by Gasteiger charge is 2.26. The number of nitrogens with zero attached hydrogens (tertiary/aromatic N) is 8. The quantitative estimate of drug-likeness (QED) is 0.143. The summed E-state index contributed by atoms with van der Waals surface area (Å²) in [7, 11) is 0. The molecule has 7 heterocycles.